The van der Waals surface area contributed by atoms with Crippen LogP contribution in [0.25, 0.3) is 0 Å². The predicted octanol–water partition coefficient (Wildman–Crippen LogP) is 4.65. The van der Waals surface area contributed by atoms with Crippen LogP contribution in [0.5, 0.6) is 0 Å². The Morgan fingerprint density at radius 3 is 2.37 bits per heavy atom. The van der Waals surface area contributed by atoms with Gasteiger partial charge in [-0.1, -0.05) is 39.0 Å². The van der Waals surface area contributed by atoms with Gasteiger partial charge in [0.25, 0.3) is 10.0 Å². The monoisotopic (exact) mass is 434 g/mol. The maximum Gasteiger partial charge on any atom is 0.333 e. The molecule has 8 heteroatoms. The van der Waals surface area contributed by atoms with Gasteiger partial charge in [-0.15, -0.1) is 0 Å². The van der Waals surface area contributed by atoms with Gasteiger partial charge in [0.1, 0.15) is 0 Å². The van der Waals surface area contributed by atoms with E-state index in [4.69, 9.17) is 4.42 Å². The highest BCUT2D eigenvalue weighted by Crippen LogP contribution is 2.45. The largest absolute Gasteiger partial charge is 0.451 e. The molecule has 0 radical (unpaired) electrons. The van der Waals surface area contributed by atoms with Gasteiger partial charge in [-0.2, -0.15) is 8.42 Å². The maximum atomic E-state index is 12.6. The van der Waals surface area contributed by atoms with E-state index in [1.807, 2.05) is 36.8 Å². The molecule has 0 aliphatic heterocycles. The Bertz CT molecular complexity index is 1030. The molecule has 0 bridgehead atoms. The van der Waals surface area contributed by atoms with E-state index in [1.165, 1.54) is 19.9 Å². The van der Waals surface area contributed by atoms with Crippen LogP contribution in [0.3, 0.4) is 0 Å². The number of para-hydroxylation sites is 1. The summed E-state index contributed by atoms with van der Waals surface area (Å²) in [5.74, 6) is 1.01. The number of furan rings is 1. The first-order chi connectivity index (χ1) is 13.9. The third-order valence-corrected chi connectivity index (χ3v) is 6.78. The van der Waals surface area contributed by atoms with E-state index in [0.717, 1.165) is 30.2 Å². The second kappa shape index (κ2) is 8.07. The molecule has 1 aromatic carbocycles. The highest BCUT2D eigenvalue weighted by Gasteiger charge is 2.32. The van der Waals surface area contributed by atoms with Crippen LogP contribution in [-0.4, -0.2) is 19.6 Å². The SMILES string of the molecule is CC(C)c1cccc([C@@H](C)C2CC2)c1NC(=O)NS(=O)(=O)c1cc(C(C)(C)O)co1. The summed E-state index contributed by atoms with van der Waals surface area (Å²) >= 11 is 0. The predicted molar refractivity (Wildman–Crippen MR) is 115 cm³/mol. The molecule has 30 heavy (non-hydrogen) atoms. The molecule has 1 atom stereocenters. The third-order valence-electron chi connectivity index (χ3n) is 5.58. The minimum absolute atomic E-state index is 0.155. The van der Waals surface area contributed by atoms with E-state index >= 15 is 0 Å². The number of hydrogen-bond acceptors (Lipinski definition) is 5. The van der Waals surface area contributed by atoms with Crippen LogP contribution in [0, 0.1) is 5.92 Å². The van der Waals surface area contributed by atoms with Crippen LogP contribution in [0.1, 0.15) is 76.0 Å². The van der Waals surface area contributed by atoms with Gasteiger partial charge in [0.05, 0.1) is 11.9 Å². The van der Waals surface area contributed by atoms with E-state index in [0.29, 0.717) is 17.2 Å². The molecule has 1 aliphatic carbocycles. The first-order valence-corrected chi connectivity index (χ1v) is 11.7. The molecular weight excluding hydrogens is 404 g/mol. The zero-order valence-corrected chi connectivity index (χ0v) is 18.8. The number of rotatable bonds is 7. The van der Waals surface area contributed by atoms with Gasteiger partial charge >= 0.3 is 6.03 Å². The summed E-state index contributed by atoms with van der Waals surface area (Å²) in [4.78, 5) is 12.6. The lowest BCUT2D eigenvalue weighted by atomic mass is 9.89. The summed E-state index contributed by atoms with van der Waals surface area (Å²) in [6.45, 7) is 9.22. The van der Waals surface area contributed by atoms with Crippen molar-refractivity contribution in [3.05, 3.63) is 47.2 Å². The number of carbonyl (C=O) groups excluding carboxylic acids is 1. The molecule has 0 unspecified atom stereocenters. The molecule has 3 rings (SSSR count). The van der Waals surface area contributed by atoms with Crippen molar-refractivity contribution in [1.82, 2.24) is 4.72 Å². The van der Waals surface area contributed by atoms with Gasteiger partial charge in [-0.25, -0.2) is 9.52 Å². The van der Waals surface area contributed by atoms with Gasteiger partial charge in [-0.05, 0) is 55.6 Å². The van der Waals surface area contributed by atoms with Gasteiger partial charge in [0.15, 0.2) is 0 Å². The van der Waals surface area contributed by atoms with E-state index in [9.17, 15) is 18.3 Å². The van der Waals surface area contributed by atoms with E-state index in [1.54, 1.807) is 0 Å². The molecule has 1 fully saturated rings. The minimum atomic E-state index is -4.23. The summed E-state index contributed by atoms with van der Waals surface area (Å²) < 4.78 is 32.3. The van der Waals surface area contributed by atoms with Crippen LogP contribution in [0.15, 0.2) is 40.0 Å². The zero-order valence-electron chi connectivity index (χ0n) is 18.0. The van der Waals surface area contributed by atoms with E-state index in [2.05, 4.69) is 12.2 Å². The standard InChI is InChI=1S/C22H30N2O5S/c1-13(2)17-7-6-8-18(14(3)15-9-10-15)20(17)23-21(25)24-30(27,28)19-11-16(12-29-19)22(4,5)26/h6-8,11-15,26H,9-10H2,1-5H3,(H2,23,24,25)/t14-/m0/s1. The second-order valence-electron chi connectivity index (χ2n) is 8.87. The average Bonchev–Trinajstić information content (AvgIpc) is 3.34. The van der Waals surface area contributed by atoms with Crippen molar-refractivity contribution in [3.63, 3.8) is 0 Å². The third kappa shape index (κ3) is 4.87. The number of hydrogen-bond donors (Lipinski definition) is 3. The van der Waals surface area contributed by atoms with Gasteiger partial charge in [-0.3, -0.25) is 0 Å². The fourth-order valence-corrected chi connectivity index (χ4v) is 4.39. The highest BCUT2D eigenvalue weighted by atomic mass is 32.2. The molecule has 3 N–H and O–H groups in total. The molecular formula is C22H30N2O5S. The van der Waals surface area contributed by atoms with Crippen LogP contribution in [0.4, 0.5) is 10.5 Å². The highest BCUT2D eigenvalue weighted by molar-refractivity contribution is 7.89. The Labute approximate surface area is 177 Å². The number of carbonyl (C=O) groups is 1. The Morgan fingerprint density at radius 1 is 1.20 bits per heavy atom. The van der Waals surface area contributed by atoms with Crippen molar-refractivity contribution in [2.75, 3.05) is 5.32 Å². The maximum absolute atomic E-state index is 12.6. The Hall–Kier alpha value is -2.32. The summed E-state index contributed by atoms with van der Waals surface area (Å²) in [5.41, 5.74) is 1.67. The van der Waals surface area contributed by atoms with Crippen molar-refractivity contribution in [2.45, 2.75) is 70.0 Å². The lowest BCUT2D eigenvalue weighted by Gasteiger charge is -2.22. The minimum Gasteiger partial charge on any atom is -0.451 e. The molecule has 7 nitrogen and oxygen atoms in total. The molecule has 1 aliphatic rings. The molecule has 2 aromatic rings. The lowest BCUT2D eigenvalue weighted by molar-refractivity contribution is 0.0779. The number of anilines is 1. The van der Waals surface area contributed by atoms with Crippen molar-refractivity contribution < 1.29 is 22.7 Å². The number of sulfonamides is 1. The smallest absolute Gasteiger partial charge is 0.333 e. The number of amides is 2. The van der Waals surface area contributed by atoms with Crippen LogP contribution < -0.4 is 10.0 Å². The summed E-state index contributed by atoms with van der Waals surface area (Å²) in [7, 11) is -4.23. The average molecular weight is 435 g/mol. The molecule has 0 saturated heterocycles. The topological polar surface area (TPSA) is 109 Å². The van der Waals surface area contributed by atoms with Crippen LogP contribution >= 0.6 is 0 Å². The quantitative estimate of drug-likeness (QED) is 0.587. The molecule has 164 valence electrons. The van der Waals surface area contributed by atoms with Gasteiger partial charge in [0.2, 0.25) is 5.09 Å². The van der Waals surface area contributed by atoms with Crippen LogP contribution in [-0.2, 0) is 15.6 Å². The Kier molecular flexibility index (Phi) is 6.02. The van der Waals surface area contributed by atoms with Crippen molar-refractivity contribution in [2.24, 2.45) is 5.92 Å². The number of benzene rings is 1. The van der Waals surface area contributed by atoms with E-state index in [-0.39, 0.29) is 11.8 Å². The Morgan fingerprint density at radius 2 is 1.83 bits per heavy atom. The molecule has 1 saturated carbocycles. The van der Waals surface area contributed by atoms with Crippen molar-refractivity contribution in [1.29, 1.82) is 0 Å². The number of nitrogens with one attached hydrogen (secondary N) is 2. The Balaban J connectivity index is 1.84. The fourth-order valence-electron chi connectivity index (χ4n) is 3.53. The molecule has 1 heterocycles. The fraction of sp³-hybridized carbons (Fsp3) is 0.500. The second-order valence-corrected chi connectivity index (χ2v) is 10.5. The zero-order chi connectivity index (χ0) is 22.3. The van der Waals surface area contributed by atoms with Crippen molar-refractivity contribution in [3.8, 4) is 0 Å². The van der Waals surface area contributed by atoms with Gasteiger partial charge in [0, 0.05) is 17.3 Å². The molecule has 2 amide bonds. The van der Waals surface area contributed by atoms with Crippen molar-refractivity contribution >= 4 is 21.7 Å². The summed E-state index contributed by atoms with van der Waals surface area (Å²) in [6, 6.07) is 6.26. The first-order valence-electron chi connectivity index (χ1n) is 10.2. The normalized spacial score (nSPS) is 15.8. The molecule has 1 aromatic heterocycles. The summed E-state index contributed by atoms with van der Waals surface area (Å²) in [5, 5.41) is 12.3. The van der Waals surface area contributed by atoms with Crippen LogP contribution in [0.2, 0.25) is 0 Å². The number of aliphatic hydroxyl groups is 1. The van der Waals surface area contributed by atoms with E-state index < -0.39 is 26.7 Å². The number of urea groups is 1. The molecule has 0 spiro atoms. The first kappa shape index (κ1) is 22.4. The lowest BCUT2D eigenvalue weighted by Crippen LogP contribution is -2.35. The van der Waals surface area contributed by atoms with Gasteiger partial charge < -0.3 is 14.8 Å². The summed E-state index contributed by atoms with van der Waals surface area (Å²) in [6.07, 6.45) is 3.49.